The van der Waals surface area contributed by atoms with Gasteiger partial charge in [0.25, 0.3) is 0 Å². The predicted molar refractivity (Wildman–Crippen MR) is 106 cm³/mol. The molecule has 8 heteroatoms. The minimum absolute atomic E-state index is 0.0803. The van der Waals surface area contributed by atoms with Gasteiger partial charge in [0.15, 0.2) is 11.0 Å². The molecule has 2 aromatic rings. The van der Waals surface area contributed by atoms with Crippen LogP contribution in [-0.2, 0) is 9.53 Å². The highest BCUT2D eigenvalue weighted by molar-refractivity contribution is 7.15. The van der Waals surface area contributed by atoms with Crippen molar-refractivity contribution in [1.82, 2.24) is 19.9 Å². The van der Waals surface area contributed by atoms with Crippen molar-refractivity contribution < 1.29 is 9.53 Å². The third-order valence-corrected chi connectivity index (χ3v) is 5.76. The Morgan fingerprint density at radius 1 is 1.30 bits per heavy atom. The summed E-state index contributed by atoms with van der Waals surface area (Å²) in [5, 5.41) is 4.12. The molecular formula is C19H27N5O2S. The third kappa shape index (κ3) is 4.81. The largest absolute Gasteiger partial charge is 0.384 e. The lowest BCUT2D eigenvalue weighted by molar-refractivity contribution is -0.136. The van der Waals surface area contributed by atoms with Gasteiger partial charge in [-0.3, -0.25) is 4.79 Å². The van der Waals surface area contributed by atoms with Crippen LogP contribution < -0.4 is 5.32 Å². The van der Waals surface area contributed by atoms with Crippen LogP contribution in [0.25, 0.3) is 0 Å². The quantitative estimate of drug-likeness (QED) is 0.811. The monoisotopic (exact) mass is 389 g/mol. The number of aryl methyl sites for hydroxylation is 3. The first kappa shape index (κ1) is 19.7. The fourth-order valence-corrected chi connectivity index (χ4v) is 4.09. The summed E-state index contributed by atoms with van der Waals surface area (Å²) in [4.78, 5) is 29.6. The summed E-state index contributed by atoms with van der Waals surface area (Å²) >= 11 is 1.61. The fourth-order valence-electron chi connectivity index (χ4n) is 3.27. The molecule has 0 radical (unpaired) electrons. The number of aromatic nitrogens is 3. The molecule has 0 bridgehead atoms. The van der Waals surface area contributed by atoms with Crippen LogP contribution >= 0.6 is 11.3 Å². The minimum atomic E-state index is -0.0803. The average Bonchev–Trinajstić information content (AvgIpc) is 2.96. The first-order valence-electron chi connectivity index (χ1n) is 9.33. The molecule has 1 atom stereocenters. The summed E-state index contributed by atoms with van der Waals surface area (Å²) in [6.07, 6.45) is 3.37. The maximum Gasteiger partial charge on any atom is 0.225 e. The van der Waals surface area contributed by atoms with Gasteiger partial charge in [-0.05, 0) is 40.0 Å². The van der Waals surface area contributed by atoms with E-state index in [0.29, 0.717) is 18.9 Å². The second kappa shape index (κ2) is 8.75. The molecule has 0 aromatic carbocycles. The van der Waals surface area contributed by atoms with E-state index < -0.39 is 0 Å². The number of anilines is 2. The van der Waals surface area contributed by atoms with Crippen molar-refractivity contribution in [3.8, 4) is 0 Å². The van der Waals surface area contributed by atoms with Crippen molar-refractivity contribution >= 4 is 28.2 Å². The minimum Gasteiger partial charge on any atom is -0.384 e. The summed E-state index contributed by atoms with van der Waals surface area (Å²) in [7, 11) is 1.62. The van der Waals surface area contributed by atoms with E-state index in [2.05, 4.69) is 22.2 Å². The Kier molecular flexibility index (Phi) is 6.38. The lowest BCUT2D eigenvalue weighted by Crippen LogP contribution is -2.39. The number of hydrogen-bond acceptors (Lipinski definition) is 7. The number of methoxy groups -OCH3 is 1. The predicted octanol–water partition coefficient (Wildman–Crippen LogP) is 3.69. The summed E-state index contributed by atoms with van der Waals surface area (Å²) in [5.41, 5.74) is 1.90. The summed E-state index contributed by atoms with van der Waals surface area (Å²) in [6.45, 7) is 7.19. The lowest BCUT2D eigenvalue weighted by atomic mass is 10.0. The zero-order chi connectivity index (χ0) is 19.4. The first-order valence-corrected chi connectivity index (χ1v) is 10.1. The maximum absolute atomic E-state index is 12.6. The van der Waals surface area contributed by atoms with Crippen molar-refractivity contribution in [1.29, 1.82) is 0 Å². The number of thiazole rings is 1. The number of carbonyl (C=O) groups is 1. The second-order valence-corrected chi connectivity index (χ2v) is 8.08. The Hall–Kier alpha value is -2.06. The molecule has 1 unspecified atom stereocenters. The van der Waals surface area contributed by atoms with Crippen LogP contribution in [0.5, 0.6) is 0 Å². The number of carbonyl (C=O) groups excluding carboxylic acids is 1. The standard InChI is InChI=1S/C19H27N5O2S/c1-12-11-16(23-19-21-13(2)14(3)27-19)22-18(20-12)15-7-5-6-9-24(15)17(25)8-10-26-4/h11,15H,5-10H2,1-4H3,(H,20,21,22,23). The number of rotatable bonds is 6. The molecule has 0 aliphatic carbocycles. The van der Waals surface area contributed by atoms with Gasteiger partial charge in [-0.1, -0.05) is 0 Å². The molecule has 0 spiro atoms. The smallest absolute Gasteiger partial charge is 0.225 e. The topological polar surface area (TPSA) is 80.2 Å². The van der Waals surface area contributed by atoms with E-state index >= 15 is 0 Å². The van der Waals surface area contributed by atoms with E-state index in [1.807, 2.05) is 24.8 Å². The van der Waals surface area contributed by atoms with Crippen molar-refractivity contribution in [3.63, 3.8) is 0 Å². The van der Waals surface area contributed by atoms with E-state index in [1.54, 1.807) is 18.4 Å². The van der Waals surface area contributed by atoms with Crippen molar-refractivity contribution in [2.24, 2.45) is 0 Å². The van der Waals surface area contributed by atoms with E-state index in [9.17, 15) is 4.79 Å². The number of hydrogen-bond donors (Lipinski definition) is 1. The molecule has 27 heavy (non-hydrogen) atoms. The molecule has 2 aromatic heterocycles. The number of amides is 1. The molecule has 7 nitrogen and oxygen atoms in total. The molecule has 1 amide bonds. The van der Waals surface area contributed by atoms with Gasteiger partial charge >= 0.3 is 0 Å². The summed E-state index contributed by atoms with van der Waals surface area (Å²) in [5.74, 6) is 1.53. The van der Waals surface area contributed by atoms with Crippen LogP contribution in [0.1, 0.15) is 53.8 Å². The zero-order valence-electron chi connectivity index (χ0n) is 16.4. The highest BCUT2D eigenvalue weighted by Gasteiger charge is 2.30. The Morgan fingerprint density at radius 3 is 2.81 bits per heavy atom. The highest BCUT2D eigenvalue weighted by atomic mass is 32.1. The van der Waals surface area contributed by atoms with Crippen molar-refractivity contribution in [3.05, 3.63) is 28.2 Å². The van der Waals surface area contributed by atoms with Crippen LogP contribution in [0.4, 0.5) is 10.9 Å². The van der Waals surface area contributed by atoms with Crippen LogP contribution in [0.2, 0.25) is 0 Å². The van der Waals surface area contributed by atoms with Crippen molar-refractivity contribution in [2.45, 2.75) is 52.5 Å². The van der Waals surface area contributed by atoms with Gasteiger partial charge in [-0.25, -0.2) is 15.0 Å². The number of piperidine rings is 1. The van der Waals surface area contributed by atoms with Gasteiger partial charge in [0.1, 0.15) is 5.82 Å². The Balaban J connectivity index is 1.83. The van der Waals surface area contributed by atoms with E-state index in [4.69, 9.17) is 9.72 Å². The van der Waals surface area contributed by atoms with Crippen LogP contribution in [-0.4, -0.2) is 46.0 Å². The molecule has 1 saturated heterocycles. The average molecular weight is 390 g/mol. The van der Waals surface area contributed by atoms with Crippen LogP contribution in [0.15, 0.2) is 6.07 Å². The molecule has 1 aliphatic heterocycles. The normalized spacial score (nSPS) is 17.2. The second-order valence-electron chi connectivity index (χ2n) is 6.88. The molecule has 1 fully saturated rings. The van der Waals surface area contributed by atoms with Gasteiger partial charge < -0.3 is 15.0 Å². The summed E-state index contributed by atoms with van der Waals surface area (Å²) in [6, 6.07) is 1.83. The number of ether oxygens (including phenoxy) is 1. The molecular weight excluding hydrogens is 362 g/mol. The summed E-state index contributed by atoms with van der Waals surface area (Å²) < 4.78 is 5.07. The highest BCUT2D eigenvalue weighted by Crippen LogP contribution is 2.31. The molecule has 146 valence electrons. The molecule has 3 heterocycles. The van der Waals surface area contributed by atoms with Gasteiger partial charge in [-0.2, -0.15) is 0 Å². The number of nitrogens with one attached hydrogen (secondary N) is 1. The maximum atomic E-state index is 12.6. The Labute approximate surface area is 164 Å². The van der Waals surface area contributed by atoms with Crippen LogP contribution in [0, 0.1) is 20.8 Å². The molecule has 1 N–H and O–H groups in total. The van der Waals surface area contributed by atoms with E-state index in [1.165, 1.54) is 4.88 Å². The molecule has 0 saturated carbocycles. The van der Waals surface area contributed by atoms with E-state index in [0.717, 1.165) is 48.1 Å². The lowest BCUT2D eigenvalue weighted by Gasteiger charge is -2.35. The SMILES string of the molecule is COCCC(=O)N1CCCCC1c1nc(C)cc(Nc2nc(C)c(C)s2)n1. The van der Waals surface area contributed by atoms with Gasteiger partial charge in [0.05, 0.1) is 24.8 Å². The van der Waals surface area contributed by atoms with E-state index in [-0.39, 0.29) is 11.9 Å². The molecule has 1 aliphatic rings. The van der Waals surface area contributed by atoms with Gasteiger partial charge in [0, 0.05) is 30.3 Å². The Morgan fingerprint density at radius 2 is 2.11 bits per heavy atom. The van der Waals surface area contributed by atoms with Crippen LogP contribution in [0.3, 0.4) is 0 Å². The number of likely N-dealkylation sites (tertiary alicyclic amines) is 1. The third-order valence-electron chi connectivity index (χ3n) is 4.78. The molecule has 3 rings (SSSR count). The zero-order valence-corrected chi connectivity index (χ0v) is 17.2. The fraction of sp³-hybridized carbons (Fsp3) is 0.579. The Bertz CT molecular complexity index is 788. The number of nitrogens with zero attached hydrogens (tertiary/aromatic N) is 4. The van der Waals surface area contributed by atoms with Crippen molar-refractivity contribution in [2.75, 3.05) is 25.6 Å². The van der Waals surface area contributed by atoms with Gasteiger partial charge in [-0.15, -0.1) is 11.3 Å². The van der Waals surface area contributed by atoms with Gasteiger partial charge in [0.2, 0.25) is 5.91 Å². The first-order chi connectivity index (χ1) is 13.0.